The fraction of sp³-hybridized carbons (Fsp3) is 0.0556. The molecule has 0 bridgehead atoms. The molecule has 0 unspecified atom stereocenters. The van der Waals surface area contributed by atoms with Crippen LogP contribution in [0.4, 0.5) is 18.9 Å². The van der Waals surface area contributed by atoms with E-state index in [-0.39, 0.29) is 27.8 Å². The third kappa shape index (κ3) is 4.40. The Labute approximate surface area is 166 Å². The van der Waals surface area contributed by atoms with E-state index in [1.807, 2.05) is 0 Å². The van der Waals surface area contributed by atoms with Gasteiger partial charge in [-0.3, -0.25) is 4.79 Å². The van der Waals surface area contributed by atoms with Crippen LogP contribution >= 0.6 is 34.8 Å². The van der Waals surface area contributed by atoms with E-state index < -0.39 is 22.7 Å². The second kappa shape index (κ2) is 7.46. The van der Waals surface area contributed by atoms with Crippen molar-refractivity contribution in [2.45, 2.75) is 6.18 Å². The van der Waals surface area contributed by atoms with Gasteiger partial charge in [-0.1, -0.05) is 34.8 Å². The molecule has 1 N–H and O–H groups in total. The fourth-order valence-corrected chi connectivity index (χ4v) is 2.85. The minimum absolute atomic E-state index is 0.0829. The van der Waals surface area contributed by atoms with E-state index in [0.29, 0.717) is 5.02 Å². The van der Waals surface area contributed by atoms with Crippen LogP contribution in [0.5, 0.6) is 0 Å². The molecule has 0 radical (unpaired) electrons. The Balaban J connectivity index is 1.87. The molecule has 0 aliphatic carbocycles. The van der Waals surface area contributed by atoms with Crippen molar-refractivity contribution < 1.29 is 22.4 Å². The monoisotopic (exact) mass is 433 g/mol. The van der Waals surface area contributed by atoms with Crippen LogP contribution in [-0.4, -0.2) is 5.91 Å². The average Bonchev–Trinajstić information content (AvgIpc) is 3.07. The van der Waals surface area contributed by atoms with Gasteiger partial charge in [-0.05, 0) is 48.5 Å². The van der Waals surface area contributed by atoms with Gasteiger partial charge in [0, 0.05) is 10.6 Å². The number of hydrogen-bond donors (Lipinski definition) is 1. The van der Waals surface area contributed by atoms with Gasteiger partial charge in [0.15, 0.2) is 5.76 Å². The number of amides is 1. The molecule has 140 valence electrons. The van der Waals surface area contributed by atoms with Gasteiger partial charge >= 0.3 is 6.18 Å². The van der Waals surface area contributed by atoms with E-state index in [1.165, 1.54) is 30.3 Å². The number of rotatable bonds is 3. The van der Waals surface area contributed by atoms with Crippen molar-refractivity contribution >= 4 is 46.4 Å². The Morgan fingerprint density at radius 1 is 0.926 bits per heavy atom. The molecule has 0 aliphatic heterocycles. The van der Waals surface area contributed by atoms with E-state index in [4.69, 9.17) is 39.2 Å². The normalized spacial score (nSPS) is 11.5. The first kappa shape index (κ1) is 19.6. The molecule has 0 spiro atoms. The van der Waals surface area contributed by atoms with Gasteiger partial charge < -0.3 is 9.73 Å². The molecular formula is C18H9Cl3F3NO2. The van der Waals surface area contributed by atoms with Crippen LogP contribution in [0, 0.1) is 0 Å². The number of nitrogens with one attached hydrogen (secondary N) is 1. The minimum Gasteiger partial charge on any atom is -0.451 e. The van der Waals surface area contributed by atoms with Crippen LogP contribution in [0.15, 0.2) is 52.9 Å². The molecule has 0 atom stereocenters. The predicted molar refractivity (Wildman–Crippen MR) is 98.6 cm³/mol. The van der Waals surface area contributed by atoms with Crippen molar-refractivity contribution in [3.8, 4) is 11.3 Å². The van der Waals surface area contributed by atoms with Crippen molar-refractivity contribution in [2.24, 2.45) is 0 Å². The summed E-state index contributed by atoms with van der Waals surface area (Å²) in [6.45, 7) is 0. The smallest absolute Gasteiger partial charge is 0.417 e. The van der Waals surface area contributed by atoms with E-state index in [1.54, 1.807) is 6.07 Å². The van der Waals surface area contributed by atoms with E-state index >= 15 is 0 Å². The highest BCUT2D eigenvalue weighted by molar-refractivity contribution is 6.35. The van der Waals surface area contributed by atoms with Crippen molar-refractivity contribution in [1.82, 2.24) is 0 Å². The van der Waals surface area contributed by atoms with Gasteiger partial charge in [0.05, 0.1) is 21.3 Å². The lowest BCUT2D eigenvalue weighted by Gasteiger charge is -2.10. The Kier molecular flexibility index (Phi) is 5.42. The lowest BCUT2D eigenvalue weighted by atomic mass is 10.1. The number of anilines is 1. The molecule has 0 saturated carbocycles. The summed E-state index contributed by atoms with van der Waals surface area (Å²) in [5, 5.41) is 2.74. The van der Waals surface area contributed by atoms with Crippen molar-refractivity contribution in [3.63, 3.8) is 0 Å². The first-order valence-corrected chi connectivity index (χ1v) is 8.52. The Hall–Kier alpha value is -2.15. The standard InChI is InChI=1S/C18H9Cl3F3NO2/c19-10-2-4-13(21)14(8-10)25-17(26)16-6-5-15(27-16)9-1-3-12(20)11(7-9)18(22,23)24/h1-8H,(H,25,26). The van der Waals surface area contributed by atoms with Crippen LogP contribution in [-0.2, 0) is 6.18 Å². The molecule has 3 aromatic rings. The molecule has 2 aromatic carbocycles. The van der Waals surface area contributed by atoms with Crippen LogP contribution < -0.4 is 5.32 Å². The zero-order chi connectivity index (χ0) is 19.8. The SMILES string of the molecule is O=C(Nc1cc(Cl)ccc1Cl)c1ccc(-c2ccc(Cl)c(C(F)(F)F)c2)o1. The number of hydrogen-bond acceptors (Lipinski definition) is 2. The fourth-order valence-electron chi connectivity index (χ4n) is 2.29. The lowest BCUT2D eigenvalue weighted by Crippen LogP contribution is -2.11. The number of benzene rings is 2. The summed E-state index contributed by atoms with van der Waals surface area (Å²) in [6.07, 6.45) is -4.61. The third-order valence-electron chi connectivity index (χ3n) is 3.56. The molecule has 1 aromatic heterocycles. The maximum atomic E-state index is 13.0. The van der Waals surface area contributed by atoms with Gasteiger partial charge in [0.25, 0.3) is 5.91 Å². The lowest BCUT2D eigenvalue weighted by molar-refractivity contribution is -0.137. The van der Waals surface area contributed by atoms with E-state index in [2.05, 4.69) is 5.32 Å². The summed E-state index contributed by atoms with van der Waals surface area (Å²) in [5.41, 5.74) is -0.584. The second-order valence-electron chi connectivity index (χ2n) is 5.43. The zero-order valence-electron chi connectivity index (χ0n) is 13.2. The van der Waals surface area contributed by atoms with Gasteiger partial charge in [-0.2, -0.15) is 13.2 Å². The molecule has 0 fully saturated rings. The molecule has 9 heteroatoms. The maximum absolute atomic E-state index is 13.0. The van der Waals surface area contributed by atoms with Crippen molar-refractivity contribution in [1.29, 1.82) is 0 Å². The molecule has 0 aliphatic rings. The number of halogens is 6. The van der Waals surface area contributed by atoms with Crippen LogP contribution in [0.2, 0.25) is 15.1 Å². The quantitative estimate of drug-likeness (QED) is 0.474. The molecule has 3 nitrogen and oxygen atoms in total. The van der Waals surface area contributed by atoms with Crippen molar-refractivity contribution in [2.75, 3.05) is 5.32 Å². The Morgan fingerprint density at radius 2 is 1.63 bits per heavy atom. The first-order valence-electron chi connectivity index (χ1n) is 7.38. The number of alkyl halides is 3. The summed E-state index contributed by atoms with van der Waals surface area (Å²) >= 11 is 17.4. The molecule has 0 saturated heterocycles. The van der Waals surface area contributed by atoms with Crippen molar-refractivity contribution in [3.05, 3.63) is 74.9 Å². The first-order chi connectivity index (χ1) is 12.6. The highest BCUT2D eigenvalue weighted by atomic mass is 35.5. The van der Waals surface area contributed by atoms with E-state index in [9.17, 15) is 18.0 Å². The predicted octanol–water partition coefficient (Wildman–Crippen LogP) is 7.18. The largest absolute Gasteiger partial charge is 0.451 e. The summed E-state index contributed by atoms with van der Waals surface area (Å²) in [5.74, 6) is -0.653. The minimum atomic E-state index is -4.61. The van der Waals surface area contributed by atoms with Gasteiger partial charge in [-0.25, -0.2) is 0 Å². The Morgan fingerprint density at radius 3 is 2.33 bits per heavy atom. The molecule has 1 heterocycles. The molecule has 3 rings (SSSR count). The molecule has 27 heavy (non-hydrogen) atoms. The topological polar surface area (TPSA) is 42.2 Å². The summed E-state index contributed by atoms with van der Waals surface area (Å²) in [6, 6.07) is 10.6. The molecular weight excluding hydrogens is 426 g/mol. The van der Waals surface area contributed by atoms with Crippen LogP contribution in [0.3, 0.4) is 0 Å². The van der Waals surface area contributed by atoms with Crippen LogP contribution in [0.25, 0.3) is 11.3 Å². The summed E-state index contributed by atoms with van der Waals surface area (Å²) < 4.78 is 44.3. The number of carbonyl (C=O) groups excluding carboxylic acids is 1. The van der Waals surface area contributed by atoms with Crippen LogP contribution in [0.1, 0.15) is 16.1 Å². The number of carbonyl (C=O) groups is 1. The second-order valence-corrected chi connectivity index (χ2v) is 6.69. The van der Waals surface area contributed by atoms with Gasteiger partial charge in [0.1, 0.15) is 5.76 Å². The third-order valence-corrected chi connectivity index (χ3v) is 4.46. The maximum Gasteiger partial charge on any atom is 0.417 e. The summed E-state index contributed by atoms with van der Waals surface area (Å²) in [4.78, 5) is 12.3. The van der Waals surface area contributed by atoms with Gasteiger partial charge in [-0.15, -0.1) is 0 Å². The van der Waals surface area contributed by atoms with Gasteiger partial charge in [0.2, 0.25) is 0 Å². The summed E-state index contributed by atoms with van der Waals surface area (Å²) in [7, 11) is 0. The molecule has 1 amide bonds. The average molecular weight is 435 g/mol. The number of furan rings is 1. The van der Waals surface area contributed by atoms with E-state index in [0.717, 1.165) is 12.1 Å². The zero-order valence-corrected chi connectivity index (χ0v) is 15.5. The Bertz CT molecular complexity index is 1020. The highest BCUT2D eigenvalue weighted by Gasteiger charge is 2.33. The highest BCUT2D eigenvalue weighted by Crippen LogP contribution is 2.37.